The molecule has 4 aliphatic rings. The topological polar surface area (TPSA) is 20.2 Å². The number of aliphatic hydroxyl groups is 1. The van der Waals surface area contributed by atoms with E-state index >= 15 is 0 Å². The van der Waals surface area contributed by atoms with E-state index in [0.717, 1.165) is 18.3 Å². The second-order valence-electron chi connectivity index (χ2n) is 8.42. The van der Waals surface area contributed by atoms with E-state index in [9.17, 15) is 5.11 Å². The van der Waals surface area contributed by atoms with Crippen LogP contribution in [0.5, 0.6) is 0 Å². The second-order valence-corrected chi connectivity index (χ2v) is 8.42. The molecule has 4 rings (SSSR count). The van der Waals surface area contributed by atoms with Crippen LogP contribution in [-0.4, -0.2) is 11.2 Å². The van der Waals surface area contributed by atoms with Crippen molar-refractivity contribution < 1.29 is 7.85 Å². The van der Waals surface area contributed by atoms with Crippen LogP contribution in [0.4, 0.5) is 0 Å². The minimum Gasteiger partial charge on any atom is -0.393 e. The molecule has 1 heteroatoms. The SMILES string of the molecule is [2H]C1([2H])C[C@H]2[C@@H]3CC[C@H]4CC=CC[C@]4(C)[C@H]3CC[C@]2(C)[C@H]1O. The highest BCUT2D eigenvalue weighted by atomic mass is 16.3. The lowest BCUT2D eigenvalue weighted by Gasteiger charge is -2.59. The van der Waals surface area contributed by atoms with Crippen LogP contribution in [0.25, 0.3) is 0 Å². The van der Waals surface area contributed by atoms with Gasteiger partial charge in [0.25, 0.3) is 0 Å². The molecule has 0 aromatic carbocycles. The smallest absolute Gasteiger partial charge is 0.0596 e. The van der Waals surface area contributed by atoms with Crippen molar-refractivity contribution in [2.75, 3.05) is 0 Å². The van der Waals surface area contributed by atoms with Crippen molar-refractivity contribution in [1.29, 1.82) is 0 Å². The lowest BCUT2D eigenvalue weighted by atomic mass is 9.46. The third-order valence-corrected chi connectivity index (χ3v) is 7.80. The third kappa shape index (κ3) is 1.59. The summed E-state index contributed by atoms with van der Waals surface area (Å²) < 4.78 is 16.5. The Balaban J connectivity index is 1.68. The van der Waals surface area contributed by atoms with Gasteiger partial charge in [-0.3, -0.25) is 0 Å². The van der Waals surface area contributed by atoms with Gasteiger partial charge in [-0.1, -0.05) is 26.0 Å². The van der Waals surface area contributed by atoms with Crippen LogP contribution in [0.15, 0.2) is 12.2 Å². The normalized spacial score (nSPS) is 61.9. The molecule has 3 saturated carbocycles. The first kappa shape index (κ1) is 11.3. The summed E-state index contributed by atoms with van der Waals surface area (Å²) in [7, 11) is 0. The first-order valence-electron chi connectivity index (χ1n) is 9.62. The van der Waals surface area contributed by atoms with Gasteiger partial charge in [-0.25, -0.2) is 0 Å². The largest absolute Gasteiger partial charge is 0.393 e. The Morgan fingerprint density at radius 3 is 2.70 bits per heavy atom. The average Bonchev–Trinajstić information content (AvgIpc) is 2.66. The lowest BCUT2D eigenvalue weighted by Crippen LogP contribution is -2.52. The molecule has 0 aromatic rings. The van der Waals surface area contributed by atoms with E-state index in [1.54, 1.807) is 0 Å². The number of hydrogen-bond donors (Lipinski definition) is 1. The molecule has 20 heavy (non-hydrogen) atoms. The van der Waals surface area contributed by atoms with Crippen LogP contribution in [0.3, 0.4) is 0 Å². The van der Waals surface area contributed by atoms with Gasteiger partial charge in [0.05, 0.1) is 6.10 Å². The zero-order valence-electron chi connectivity index (χ0n) is 14.9. The molecule has 0 aromatic heterocycles. The molecule has 7 atom stereocenters. The van der Waals surface area contributed by atoms with Gasteiger partial charge in [-0.15, -0.1) is 0 Å². The van der Waals surface area contributed by atoms with Crippen LogP contribution in [0, 0.1) is 34.5 Å². The Hall–Kier alpha value is -0.300. The minimum absolute atomic E-state index is 0.196. The Labute approximate surface area is 126 Å². The maximum Gasteiger partial charge on any atom is 0.0596 e. The van der Waals surface area contributed by atoms with Gasteiger partial charge in [0.15, 0.2) is 0 Å². The van der Waals surface area contributed by atoms with Crippen LogP contribution in [0.2, 0.25) is 0 Å². The predicted molar refractivity (Wildman–Crippen MR) is 82.3 cm³/mol. The molecule has 1 N–H and O–H groups in total. The fourth-order valence-corrected chi connectivity index (χ4v) is 6.38. The summed E-state index contributed by atoms with van der Waals surface area (Å²) >= 11 is 0. The van der Waals surface area contributed by atoms with E-state index in [2.05, 4.69) is 26.0 Å². The summed E-state index contributed by atoms with van der Waals surface area (Å²) in [6, 6.07) is 0. The van der Waals surface area contributed by atoms with Gasteiger partial charge < -0.3 is 5.11 Å². The summed E-state index contributed by atoms with van der Waals surface area (Å²) in [5, 5.41) is 10.6. The summed E-state index contributed by atoms with van der Waals surface area (Å²) in [5.41, 5.74) is 0.220. The van der Waals surface area contributed by atoms with Crippen molar-refractivity contribution in [3.63, 3.8) is 0 Å². The van der Waals surface area contributed by atoms with E-state index in [0.29, 0.717) is 23.7 Å². The quantitative estimate of drug-likeness (QED) is 0.643. The molecule has 0 amide bonds. The van der Waals surface area contributed by atoms with Gasteiger partial charge in [0, 0.05) is 2.74 Å². The van der Waals surface area contributed by atoms with Crippen molar-refractivity contribution >= 4 is 0 Å². The van der Waals surface area contributed by atoms with E-state index in [-0.39, 0.29) is 5.41 Å². The Morgan fingerprint density at radius 1 is 1.05 bits per heavy atom. The molecule has 0 aliphatic heterocycles. The maximum absolute atomic E-state index is 10.6. The molecule has 0 saturated heterocycles. The van der Waals surface area contributed by atoms with Crippen LogP contribution >= 0.6 is 0 Å². The lowest BCUT2D eigenvalue weighted by molar-refractivity contribution is -0.108. The molecule has 1 nitrogen and oxygen atoms in total. The molecule has 4 aliphatic carbocycles. The highest BCUT2D eigenvalue weighted by molar-refractivity contribution is 5.12. The van der Waals surface area contributed by atoms with Crippen molar-refractivity contribution in [2.45, 2.75) is 71.3 Å². The van der Waals surface area contributed by atoms with Crippen molar-refractivity contribution in [3.8, 4) is 0 Å². The number of rotatable bonds is 0. The van der Waals surface area contributed by atoms with Gasteiger partial charge in [0.2, 0.25) is 0 Å². The summed E-state index contributed by atoms with van der Waals surface area (Å²) in [5.74, 6) is 2.56. The highest BCUT2D eigenvalue weighted by Gasteiger charge is 2.59. The van der Waals surface area contributed by atoms with Gasteiger partial charge in [-0.05, 0) is 85.8 Å². The fourth-order valence-electron chi connectivity index (χ4n) is 6.38. The monoisotopic (exact) mass is 276 g/mol. The van der Waals surface area contributed by atoms with Crippen LogP contribution < -0.4 is 0 Å². The molecular formula is C19H30O. The van der Waals surface area contributed by atoms with Crippen molar-refractivity contribution in [2.24, 2.45) is 34.5 Å². The first-order chi connectivity index (χ1) is 10.3. The van der Waals surface area contributed by atoms with Crippen molar-refractivity contribution in [3.05, 3.63) is 12.2 Å². The number of allylic oxidation sites excluding steroid dienone is 2. The molecule has 0 radical (unpaired) electrons. The minimum atomic E-state index is -1.39. The van der Waals surface area contributed by atoms with E-state index < -0.39 is 12.5 Å². The molecule has 0 bridgehead atoms. The summed E-state index contributed by atoms with van der Waals surface area (Å²) in [6.07, 6.45) is 10.4. The zero-order valence-corrected chi connectivity index (χ0v) is 12.9. The van der Waals surface area contributed by atoms with Crippen LogP contribution in [0.1, 0.15) is 67.9 Å². The predicted octanol–water partition coefficient (Wildman–Crippen LogP) is 4.56. The summed E-state index contributed by atoms with van der Waals surface area (Å²) in [6.45, 7) is 4.67. The molecular weight excluding hydrogens is 244 g/mol. The molecule has 112 valence electrons. The number of aliphatic hydroxyl groups excluding tert-OH is 1. The Kier molecular flexibility index (Phi) is 2.46. The zero-order chi connectivity index (χ0) is 15.8. The standard InChI is InChI=1S/C19H30O/c1-18-11-4-3-5-13(18)6-7-14-15-8-9-17(20)19(15,2)12-10-16(14)18/h3-4,13-17,20H,5-12H2,1-2H3/t13-,14+,15+,16+,17+,18+,19+/m1/s1/i9D2. The Bertz CT molecular complexity index is 502. The molecule has 0 spiro atoms. The van der Waals surface area contributed by atoms with Crippen molar-refractivity contribution in [1.82, 2.24) is 0 Å². The molecule has 3 fully saturated rings. The van der Waals surface area contributed by atoms with E-state index in [1.807, 2.05) is 0 Å². The van der Waals surface area contributed by atoms with E-state index in [1.165, 1.54) is 32.1 Å². The maximum atomic E-state index is 10.6. The molecule has 0 unspecified atom stereocenters. The number of hydrogen-bond acceptors (Lipinski definition) is 1. The van der Waals surface area contributed by atoms with Gasteiger partial charge >= 0.3 is 0 Å². The average molecular weight is 276 g/mol. The first-order valence-corrected chi connectivity index (χ1v) is 8.62. The third-order valence-electron chi connectivity index (χ3n) is 7.80. The van der Waals surface area contributed by atoms with Gasteiger partial charge in [0.1, 0.15) is 0 Å². The molecule has 0 heterocycles. The number of fused-ring (bicyclic) bond motifs is 5. The highest BCUT2D eigenvalue weighted by Crippen LogP contribution is 2.65. The Morgan fingerprint density at radius 2 is 1.85 bits per heavy atom. The second kappa shape index (κ2) is 4.35. The van der Waals surface area contributed by atoms with Crippen LogP contribution in [-0.2, 0) is 0 Å². The fraction of sp³-hybridized carbons (Fsp3) is 0.895. The van der Waals surface area contributed by atoms with E-state index in [4.69, 9.17) is 2.74 Å². The summed E-state index contributed by atoms with van der Waals surface area (Å²) in [4.78, 5) is 0. The van der Waals surface area contributed by atoms with Gasteiger partial charge in [-0.2, -0.15) is 0 Å².